The van der Waals surface area contributed by atoms with Crippen molar-refractivity contribution in [1.29, 1.82) is 0 Å². The summed E-state index contributed by atoms with van der Waals surface area (Å²) in [4.78, 5) is 2.41. The van der Waals surface area contributed by atoms with Gasteiger partial charge in [0.2, 0.25) is 0 Å². The molecule has 0 aromatic heterocycles. The van der Waals surface area contributed by atoms with Crippen molar-refractivity contribution in [2.45, 2.75) is 38.3 Å². The van der Waals surface area contributed by atoms with E-state index in [1.165, 1.54) is 0 Å². The molecule has 0 radical (unpaired) electrons. The second kappa shape index (κ2) is 4.60. The summed E-state index contributed by atoms with van der Waals surface area (Å²) in [6, 6.07) is 0. The van der Waals surface area contributed by atoms with Gasteiger partial charge in [0.1, 0.15) is 0 Å². The second-order valence-corrected chi connectivity index (χ2v) is 4.97. The normalized spacial score (nSPS) is 32.4. The number of nitrogens with zero attached hydrogens (tertiary/aromatic N) is 1. The molecule has 0 unspecified atom stereocenters. The maximum absolute atomic E-state index is 5.87. The molecule has 84 valence electrons. The van der Waals surface area contributed by atoms with Gasteiger partial charge in [0.05, 0.1) is 6.10 Å². The van der Waals surface area contributed by atoms with Gasteiger partial charge in [-0.2, -0.15) is 0 Å². The van der Waals surface area contributed by atoms with E-state index < -0.39 is 0 Å². The molecule has 1 aliphatic carbocycles. The van der Waals surface area contributed by atoms with E-state index in [4.69, 9.17) is 10.5 Å². The Morgan fingerprint density at radius 3 is 2.43 bits per heavy atom. The fourth-order valence-corrected chi connectivity index (χ4v) is 2.33. The largest absolute Gasteiger partial charge is 0.381 e. The molecular formula is C11H24N2O. The average Bonchev–Trinajstić information content (AvgIpc) is 2.02. The number of hydrogen-bond donors (Lipinski definition) is 1. The van der Waals surface area contributed by atoms with Gasteiger partial charge >= 0.3 is 0 Å². The summed E-state index contributed by atoms with van der Waals surface area (Å²) < 4.78 is 5.32. The molecule has 0 spiro atoms. The van der Waals surface area contributed by atoms with Gasteiger partial charge in [0.15, 0.2) is 0 Å². The van der Waals surface area contributed by atoms with Crippen LogP contribution in [-0.2, 0) is 4.74 Å². The molecule has 0 atom stereocenters. The quantitative estimate of drug-likeness (QED) is 0.722. The Hall–Kier alpha value is -0.120. The van der Waals surface area contributed by atoms with Crippen LogP contribution in [-0.4, -0.2) is 43.8 Å². The predicted octanol–water partition coefficient (Wildman–Crippen LogP) is 1.08. The Morgan fingerprint density at radius 2 is 2.07 bits per heavy atom. The zero-order chi connectivity index (χ0) is 10.8. The summed E-state index contributed by atoms with van der Waals surface area (Å²) in [6.45, 7) is 6.35. The molecule has 1 aliphatic rings. The summed E-state index contributed by atoms with van der Waals surface area (Å²) >= 11 is 0. The fourth-order valence-electron chi connectivity index (χ4n) is 2.33. The van der Waals surface area contributed by atoms with E-state index in [0.717, 1.165) is 25.9 Å². The maximum atomic E-state index is 5.87. The van der Waals surface area contributed by atoms with Crippen molar-refractivity contribution in [3.8, 4) is 0 Å². The standard InChI is InChI=1S/C11H24N2O/c1-9(2)7-13(3)11(8-12)5-10(6-11)14-4/h9-10H,5-8,12H2,1-4H3. The lowest BCUT2D eigenvalue weighted by Gasteiger charge is -2.52. The third kappa shape index (κ3) is 2.27. The Bertz CT molecular complexity index is 176. The molecule has 1 fully saturated rings. The number of methoxy groups -OCH3 is 1. The molecule has 3 nitrogen and oxygen atoms in total. The zero-order valence-electron chi connectivity index (χ0n) is 9.92. The molecular weight excluding hydrogens is 176 g/mol. The molecule has 0 amide bonds. The van der Waals surface area contributed by atoms with E-state index in [1.807, 2.05) is 0 Å². The SMILES string of the molecule is COC1CC(CN)(N(C)CC(C)C)C1. The van der Waals surface area contributed by atoms with Gasteiger partial charge in [-0.1, -0.05) is 13.8 Å². The van der Waals surface area contributed by atoms with E-state index in [2.05, 4.69) is 25.8 Å². The third-order valence-electron chi connectivity index (χ3n) is 3.38. The lowest BCUT2D eigenvalue weighted by atomic mass is 9.72. The second-order valence-electron chi connectivity index (χ2n) is 4.97. The predicted molar refractivity (Wildman–Crippen MR) is 59.3 cm³/mol. The van der Waals surface area contributed by atoms with Crippen LogP contribution in [0.5, 0.6) is 0 Å². The monoisotopic (exact) mass is 200 g/mol. The van der Waals surface area contributed by atoms with Crippen LogP contribution >= 0.6 is 0 Å². The molecule has 0 aliphatic heterocycles. The Kier molecular flexibility index (Phi) is 3.93. The molecule has 0 aromatic rings. The molecule has 3 heteroatoms. The molecule has 1 saturated carbocycles. The fraction of sp³-hybridized carbons (Fsp3) is 1.00. The van der Waals surface area contributed by atoms with Crippen LogP contribution in [0.1, 0.15) is 26.7 Å². The lowest BCUT2D eigenvalue weighted by Crippen LogP contribution is -2.63. The summed E-state index contributed by atoms with van der Waals surface area (Å²) in [5.41, 5.74) is 6.08. The highest BCUT2D eigenvalue weighted by Crippen LogP contribution is 2.38. The Labute approximate surface area is 87.6 Å². The molecule has 2 N–H and O–H groups in total. The topological polar surface area (TPSA) is 38.5 Å². The van der Waals surface area contributed by atoms with E-state index in [1.54, 1.807) is 7.11 Å². The average molecular weight is 200 g/mol. The third-order valence-corrected chi connectivity index (χ3v) is 3.38. The first kappa shape index (κ1) is 12.0. The minimum Gasteiger partial charge on any atom is -0.381 e. The van der Waals surface area contributed by atoms with Crippen LogP contribution in [0.2, 0.25) is 0 Å². The van der Waals surface area contributed by atoms with Crippen molar-refractivity contribution < 1.29 is 4.74 Å². The Balaban J connectivity index is 2.46. The van der Waals surface area contributed by atoms with Crippen molar-refractivity contribution in [3.05, 3.63) is 0 Å². The van der Waals surface area contributed by atoms with Gasteiger partial charge in [0.25, 0.3) is 0 Å². The molecule has 0 bridgehead atoms. The number of nitrogens with two attached hydrogens (primary N) is 1. The van der Waals surface area contributed by atoms with Crippen molar-refractivity contribution in [2.75, 3.05) is 27.2 Å². The summed E-state index contributed by atoms with van der Waals surface area (Å²) in [5, 5.41) is 0. The van der Waals surface area contributed by atoms with Crippen LogP contribution < -0.4 is 5.73 Å². The van der Waals surface area contributed by atoms with Crippen molar-refractivity contribution in [3.63, 3.8) is 0 Å². The van der Waals surface area contributed by atoms with Crippen LogP contribution in [0.25, 0.3) is 0 Å². The van der Waals surface area contributed by atoms with Gasteiger partial charge in [-0.15, -0.1) is 0 Å². The molecule has 1 rings (SSSR count). The van der Waals surface area contributed by atoms with E-state index in [9.17, 15) is 0 Å². The minimum absolute atomic E-state index is 0.213. The first-order valence-electron chi connectivity index (χ1n) is 5.48. The van der Waals surface area contributed by atoms with Crippen LogP contribution in [0.3, 0.4) is 0 Å². The molecule has 0 aromatic carbocycles. The van der Waals surface area contributed by atoms with Gasteiger partial charge in [0, 0.05) is 25.7 Å². The van der Waals surface area contributed by atoms with E-state index >= 15 is 0 Å². The smallest absolute Gasteiger partial charge is 0.0607 e. The minimum atomic E-state index is 0.213. The summed E-state index contributed by atoms with van der Waals surface area (Å²) in [5.74, 6) is 0.699. The maximum Gasteiger partial charge on any atom is 0.0607 e. The van der Waals surface area contributed by atoms with Gasteiger partial charge in [-0.3, -0.25) is 4.90 Å². The first-order chi connectivity index (χ1) is 6.54. The number of rotatable bonds is 5. The highest BCUT2D eigenvalue weighted by Gasteiger charge is 2.46. The summed E-state index contributed by atoms with van der Waals surface area (Å²) in [6.07, 6.45) is 2.60. The zero-order valence-corrected chi connectivity index (χ0v) is 9.92. The van der Waals surface area contributed by atoms with Crippen molar-refractivity contribution >= 4 is 0 Å². The van der Waals surface area contributed by atoms with Gasteiger partial charge in [-0.05, 0) is 25.8 Å². The molecule has 14 heavy (non-hydrogen) atoms. The lowest BCUT2D eigenvalue weighted by molar-refractivity contribution is -0.0810. The van der Waals surface area contributed by atoms with Crippen molar-refractivity contribution in [2.24, 2.45) is 11.7 Å². The highest BCUT2D eigenvalue weighted by molar-refractivity contribution is 5.03. The number of hydrogen-bond acceptors (Lipinski definition) is 3. The van der Waals surface area contributed by atoms with E-state index in [0.29, 0.717) is 12.0 Å². The van der Waals surface area contributed by atoms with Crippen LogP contribution in [0.4, 0.5) is 0 Å². The summed E-state index contributed by atoms with van der Waals surface area (Å²) in [7, 11) is 3.96. The van der Waals surface area contributed by atoms with E-state index in [-0.39, 0.29) is 5.54 Å². The number of ether oxygens (including phenoxy) is 1. The van der Waals surface area contributed by atoms with Crippen LogP contribution in [0, 0.1) is 5.92 Å². The van der Waals surface area contributed by atoms with Gasteiger partial charge in [-0.25, -0.2) is 0 Å². The first-order valence-corrected chi connectivity index (χ1v) is 5.48. The molecule has 0 heterocycles. The number of likely N-dealkylation sites (N-methyl/N-ethyl adjacent to an activating group) is 1. The van der Waals surface area contributed by atoms with Crippen LogP contribution in [0.15, 0.2) is 0 Å². The van der Waals surface area contributed by atoms with Crippen molar-refractivity contribution in [1.82, 2.24) is 4.90 Å². The Morgan fingerprint density at radius 1 is 1.50 bits per heavy atom. The van der Waals surface area contributed by atoms with Gasteiger partial charge < -0.3 is 10.5 Å². The molecule has 0 saturated heterocycles. The highest BCUT2D eigenvalue weighted by atomic mass is 16.5.